The number of thioether (sulfide) groups is 1. The molecule has 1 amide bonds. The van der Waals surface area contributed by atoms with E-state index in [4.69, 9.17) is 0 Å². The van der Waals surface area contributed by atoms with Gasteiger partial charge in [-0.05, 0) is 35.0 Å². The van der Waals surface area contributed by atoms with E-state index in [0.29, 0.717) is 5.16 Å². The van der Waals surface area contributed by atoms with Crippen molar-refractivity contribution in [3.63, 3.8) is 0 Å². The predicted octanol–water partition coefficient (Wildman–Crippen LogP) is 1.49. The summed E-state index contributed by atoms with van der Waals surface area (Å²) in [5.41, 5.74) is 1.93. The lowest BCUT2D eigenvalue weighted by Crippen LogP contribution is -2.16. The van der Waals surface area contributed by atoms with E-state index in [9.17, 15) is 4.79 Å². The maximum Gasteiger partial charge on any atom is 0.237 e. The van der Waals surface area contributed by atoms with Crippen LogP contribution in [-0.2, 0) is 4.79 Å². The number of carbonyl (C=O) groups excluding carboxylic acids is 1. The van der Waals surface area contributed by atoms with Gasteiger partial charge in [0.25, 0.3) is 0 Å². The van der Waals surface area contributed by atoms with Gasteiger partial charge in [-0.1, -0.05) is 30.0 Å². The predicted molar refractivity (Wildman–Crippen MR) is 85.3 cm³/mol. The fraction of sp³-hybridized carbons (Fsp3) is 0.143. The number of rotatable bonds is 5. The minimum Gasteiger partial charge on any atom is -0.294 e. The van der Waals surface area contributed by atoms with Gasteiger partial charge < -0.3 is 0 Å². The molecular weight excluding hydrogens is 314 g/mol. The number of hydrogen-bond donors (Lipinski definition) is 1. The zero-order valence-corrected chi connectivity index (χ0v) is 13.1. The molecule has 0 saturated heterocycles. The lowest BCUT2D eigenvalue weighted by atomic mass is 10.2. The lowest BCUT2D eigenvalue weighted by Gasteiger charge is -2.07. The van der Waals surface area contributed by atoms with Gasteiger partial charge >= 0.3 is 0 Å². The Morgan fingerprint density at radius 1 is 1.22 bits per heavy atom. The first-order chi connectivity index (χ1) is 11.2. The zero-order valence-electron chi connectivity index (χ0n) is 12.2. The Balaban J connectivity index is 1.67. The summed E-state index contributed by atoms with van der Waals surface area (Å²) in [5.74, 6) is 0.210. The first-order valence-electron chi connectivity index (χ1n) is 6.78. The highest BCUT2D eigenvalue weighted by Gasteiger charge is 2.13. The van der Waals surface area contributed by atoms with Crippen LogP contribution in [0.3, 0.4) is 0 Å². The molecule has 0 saturated carbocycles. The summed E-state index contributed by atoms with van der Waals surface area (Å²) < 4.78 is 1.62. The Hall–Kier alpha value is -2.81. The molecule has 0 bridgehead atoms. The second-order valence-electron chi connectivity index (χ2n) is 4.57. The Morgan fingerprint density at radius 3 is 2.78 bits per heavy atom. The second-order valence-corrected chi connectivity index (χ2v) is 5.51. The van der Waals surface area contributed by atoms with Gasteiger partial charge in [0.2, 0.25) is 17.0 Å². The highest BCUT2D eigenvalue weighted by molar-refractivity contribution is 7.99. The van der Waals surface area contributed by atoms with E-state index in [-0.39, 0.29) is 17.6 Å². The van der Waals surface area contributed by atoms with Crippen molar-refractivity contribution in [2.75, 3.05) is 11.1 Å². The fourth-order valence-electron chi connectivity index (χ4n) is 1.88. The third kappa shape index (κ3) is 3.69. The average molecular weight is 327 g/mol. The Morgan fingerprint density at radius 2 is 2.00 bits per heavy atom. The lowest BCUT2D eigenvalue weighted by molar-refractivity contribution is -0.113. The minimum absolute atomic E-state index is 0.157. The van der Waals surface area contributed by atoms with Crippen molar-refractivity contribution in [3.05, 3.63) is 48.3 Å². The van der Waals surface area contributed by atoms with E-state index in [1.807, 2.05) is 31.2 Å². The molecule has 0 spiro atoms. The van der Waals surface area contributed by atoms with Gasteiger partial charge in [0.15, 0.2) is 0 Å². The highest BCUT2D eigenvalue weighted by Crippen LogP contribution is 2.20. The average Bonchev–Trinajstić information content (AvgIpc) is 3.03. The molecule has 0 aliphatic carbocycles. The van der Waals surface area contributed by atoms with Crippen LogP contribution in [0.15, 0.2) is 47.9 Å². The molecule has 2 heterocycles. The van der Waals surface area contributed by atoms with E-state index in [1.54, 1.807) is 23.1 Å². The summed E-state index contributed by atoms with van der Waals surface area (Å²) in [4.78, 5) is 19.8. The van der Waals surface area contributed by atoms with Gasteiger partial charge in [-0.15, -0.1) is 5.10 Å². The number of aromatic nitrogens is 6. The number of aryl methyl sites for hydroxylation is 1. The summed E-state index contributed by atoms with van der Waals surface area (Å²) in [6.07, 6.45) is 3.13. The Labute approximate surface area is 136 Å². The van der Waals surface area contributed by atoms with Crippen LogP contribution in [0, 0.1) is 6.92 Å². The van der Waals surface area contributed by atoms with E-state index >= 15 is 0 Å². The number of nitrogens with zero attached hydrogens (tertiary/aromatic N) is 6. The SMILES string of the molecule is Cc1ccccc1-n1nnnc1SCC(=O)Nc1ncccn1. The first kappa shape index (κ1) is 15.1. The molecule has 3 rings (SSSR count). The van der Waals surface area contributed by atoms with Crippen LogP contribution in [0.5, 0.6) is 0 Å². The van der Waals surface area contributed by atoms with Gasteiger partial charge in [0, 0.05) is 12.4 Å². The molecule has 0 fully saturated rings. The molecule has 9 heteroatoms. The topological polar surface area (TPSA) is 98.5 Å². The van der Waals surface area contributed by atoms with Gasteiger partial charge in [-0.25, -0.2) is 9.97 Å². The van der Waals surface area contributed by atoms with E-state index in [2.05, 4.69) is 30.8 Å². The summed E-state index contributed by atoms with van der Waals surface area (Å²) in [5, 5.41) is 14.8. The quantitative estimate of drug-likeness (QED) is 0.709. The molecule has 23 heavy (non-hydrogen) atoms. The van der Waals surface area contributed by atoms with E-state index in [1.165, 1.54) is 11.8 Å². The van der Waals surface area contributed by atoms with Crippen molar-refractivity contribution in [1.29, 1.82) is 0 Å². The molecule has 116 valence electrons. The maximum atomic E-state index is 11.9. The van der Waals surface area contributed by atoms with Crippen LogP contribution in [0.4, 0.5) is 5.95 Å². The van der Waals surface area contributed by atoms with Crippen molar-refractivity contribution >= 4 is 23.6 Å². The van der Waals surface area contributed by atoms with Gasteiger partial charge in [-0.3, -0.25) is 10.1 Å². The zero-order chi connectivity index (χ0) is 16.1. The number of anilines is 1. The molecular formula is C14H13N7OS. The largest absolute Gasteiger partial charge is 0.294 e. The molecule has 1 N–H and O–H groups in total. The normalized spacial score (nSPS) is 10.5. The third-order valence-electron chi connectivity index (χ3n) is 2.93. The summed E-state index contributed by atoms with van der Waals surface area (Å²) >= 11 is 1.24. The van der Waals surface area contributed by atoms with Gasteiger partial charge in [0.05, 0.1) is 11.4 Å². The summed E-state index contributed by atoms with van der Waals surface area (Å²) in [7, 11) is 0. The standard InChI is InChI=1S/C14H13N7OS/c1-10-5-2-3-6-11(10)21-14(18-19-20-21)23-9-12(22)17-13-15-7-4-8-16-13/h2-8H,9H2,1H3,(H,15,16,17,22). The van der Waals surface area contributed by atoms with Crippen molar-refractivity contribution < 1.29 is 4.79 Å². The number of nitrogens with one attached hydrogen (secondary N) is 1. The minimum atomic E-state index is -0.222. The first-order valence-corrected chi connectivity index (χ1v) is 7.76. The number of benzene rings is 1. The van der Waals surface area contributed by atoms with Crippen LogP contribution in [0.1, 0.15) is 5.56 Å². The van der Waals surface area contributed by atoms with E-state index in [0.717, 1.165) is 11.3 Å². The number of amides is 1. The van der Waals surface area contributed by atoms with Crippen molar-refractivity contribution in [2.45, 2.75) is 12.1 Å². The number of tetrazole rings is 1. The van der Waals surface area contributed by atoms with Crippen LogP contribution < -0.4 is 5.32 Å². The molecule has 0 unspecified atom stereocenters. The van der Waals surface area contributed by atoms with Crippen molar-refractivity contribution in [3.8, 4) is 5.69 Å². The van der Waals surface area contributed by atoms with Crippen molar-refractivity contribution in [2.24, 2.45) is 0 Å². The number of para-hydroxylation sites is 1. The highest BCUT2D eigenvalue weighted by atomic mass is 32.2. The van der Waals surface area contributed by atoms with Gasteiger partial charge in [0.1, 0.15) is 0 Å². The van der Waals surface area contributed by atoms with Crippen LogP contribution >= 0.6 is 11.8 Å². The molecule has 3 aromatic rings. The molecule has 0 aliphatic heterocycles. The smallest absolute Gasteiger partial charge is 0.237 e. The maximum absolute atomic E-state index is 11.9. The number of hydrogen-bond acceptors (Lipinski definition) is 7. The molecule has 2 aromatic heterocycles. The van der Waals surface area contributed by atoms with Crippen LogP contribution in [0.25, 0.3) is 5.69 Å². The monoisotopic (exact) mass is 327 g/mol. The molecule has 8 nitrogen and oxygen atoms in total. The van der Waals surface area contributed by atoms with E-state index < -0.39 is 0 Å². The fourth-order valence-corrected chi connectivity index (χ4v) is 2.56. The Bertz CT molecular complexity index is 806. The second kappa shape index (κ2) is 6.97. The molecule has 0 atom stereocenters. The third-order valence-corrected chi connectivity index (χ3v) is 3.85. The molecule has 1 aromatic carbocycles. The Kier molecular flexibility index (Phi) is 4.57. The summed E-state index contributed by atoms with van der Waals surface area (Å²) in [6, 6.07) is 9.44. The van der Waals surface area contributed by atoms with Crippen molar-refractivity contribution in [1.82, 2.24) is 30.2 Å². The number of carbonyl (C=O) groups is 1. The van der Waals surface area contributed by atoms with Crippen LogP contribution in [-0.4, -0.2) is 41.8 Å². The van der Waals surface area contributed by atoms with Gasteiger partial charge in [-0.2, -0.15) is 4.68 Å². The van der Waals surface area contributed by atoms with Crippen LogP contribution in [0.2, 0.25) is 0 Å². The summed E-state index contributed by atoms with van der Waals surface area (Å²) in [6.45, 7) is 1.98. The molecule has 0 radical (unpaired) electrons. The molecule has 0 aliphatic rings.